The highest BCUT2D eigenvalue weighted by Crippen LogP contribution is 2.25. The van der Waals surface area contributed by atoms with Crippen molar-refractivity contribution in [2.24, 2.45) is 0 Å². The van der Waals surface area contributed by atoms with Crippen molar-refractivity contribution < 1.29 is 4.79 Å². The Kier molecular flexibility index (Phi) is 4.69. The topological polar surface area (TPSA) is 56.1 Å². The number of benzene rings is 2. The Morgan fingerprint density at radius 2 is 1.95 bits per heavy atom. The molecule has 6 heteroatoms. The number of carbonyl (C=O) groups excluding carboxylic acids is 1. The number of carbonyl (C=O) groups is 1. The maximum absolute atomic E-state index is 12.2. The summed E-state index contributed by atoms with van der Waals surface area (Å²) in [6.07, 6.45) is 0. The van der Waals surface area contributed by atoms with E-state index in [4.69, 9.17) is 28.5 Å². The first kappa shape index (κ1) is 15.2. The van der Waals surface area contributed by atoms with Gasteiger partial charge in [-0.2, -0.15) is 5.26 Å². The van der Waals surface area contributed by atoms with Crippen molar-refractivity contribution in [2.75, 3.05) is 17.3 Å². The average molecular weight is 320 g/mol. The molecule has 2 aromatic rings. The molecule has 2 rings (SSSR count). The Balaban J connectivity index is 2.15. The smallest absolute Gasteiger partial charge is 0.307 e. The minimum Gasteiger partial charge on any atom is -0.307 e. The van der Waals surface area contributed by atoms with E-state index in [1.807, 2.05) is 6.07 Å². The molecule has 0 fully saturated rings. The molecule has 0 aliphatic heterocycles. The molecule has 106 valence electrons. The van der Waals surface area contributed by atoms with Gasteiger partial charge in [0.2, 0.25) is 0 Å². The van der Waals surface area contributed by atoms with Crippen LogP contribution < -0.4 is 10.2 Å². The molecule has 0 bridgehead atoms. The van der Waals surface area contributed by atoms with E-state index >= 15 is 0 Å². The van der Waals surface area contributed by atoms with Crippen LogP contribution in [0.5, 0.6) is 0 Å². The van der Waals surface area contributed by atoms with Crippen molar-refractivity contribution in [1.82, 2.24) is 0 Å². The highest BCUT2D eigenvalue weighted by atomic mass is 35.5. The van der Waals surface area contributed by atoms with Gasteiger partial charge in [-0.25, -0.2) is 4.79 Å². The van der Waals surface area contributed by atoms with Crippen LogP contribution in [0.3, 0.4) is 0 Å². The van der Waals surface area contributed by atoms with Gasteiger partial charge in [-0.1, -0.05) is 29.3 Å². The summed E-state index contributed by atoms with van der Waals surface area (Å²) in [7, 11) is 1.61. The van der Waals surface area contributed by atoms with Crippen molar-refractivity contribution in [3.8, 4) is 6.07 Å². The largest absolute Gasteiger partial charge is 0.326 e. The third kappa shape index (κ3) is 3.66. The van der Waals surface area contributed by atoms with E-state index in [-0.39, 0.29) is 6.03 Å². The highest BCUT2D eigenvalue weighted by molar-refractivity contribution is 6.42. The Hall–Kier alpha value is -2.22. The van der Waals surface area contributed by atoms with Crippen LogP contribution in [0.1, 0.15) is 5.56 Å². The third-order valence-corrected chi connectivity index (χ3v) is 3.58. The number of amides is 2. The maximum atomic E-state index is 12.2. The van der Waals surface area contributed by atoms with Gasteiger partial charge in [0.25, 0.3) is 0 Å². The van der Waals surface area contributed by atoms with Gasteiger partial charge < -0.3 is 5.32 Å². The number of anilines is 2. The minimum atomic E-state index is -0.344. The number of nitrogens with one attached hydrogen (secondary N) is 1. The second-order valence-electron chi connectivity index (χ2n) is 4.28. The molecule has 0 aliphatic carbocycles. The Bertz CT molecular complexity index is 725. The first-order valence-corrected chi connectivity index (χ1v) is 6.77. The SMILES string of the molecule is CN(C(=O)Nc1ccc(Cl)c(Cl)c1)c1cccc(C#N)c1. The second-order valence-corrected chi connectivity index (χ2v) is 5.09. The maximum Gasteiger partial charge on any atom is 0.326 e. The Morgan fingerprint density at radius 1 is 1.19 bits per heavy atom. The third-order valence-electron chi connectivity index (χ3n) is 2.84. The summed E-state index contributed by atoms with van der Waals surface area (Å²) < 4.78 is 0. The van der Waals surface area contributed by atoms with Crippen molar-refractivity contribution in [1.29, 1.82) is 5.26 Å². The molecule has 0 spiro atoms. The minimum absolute atomic E-state index is 0.344. The lowest BCUT2D eigenvalue weighted by Crippen LogP contribution is -2.31. The lowest BCUT2D eigenvalue weighted by Gasteiger charge is -2.18. The van der Waals surface area contributed by atoms with Gasteiger partial charge in [-0.15, -0.1) is 0 Å². The number of nitrogens with zero attached hydrogens (tertiary/aromatic N) is 2. The van der Waals surface area contributed by atoms with E-state index in [1.54, 1.807) is 49.5 Å². The van der Waals surface area contributed by atoms with Crippen LogP contribution in [0.15, 0.2) is 42.5 Å². The highest BCUT2D eigenvalue weighted by Gasteiger charge is 2.12. The monoisotopic (exact) mass is 319 g/mol. The fourth-order valence-electron chi connectivity index (χ4n) is 1.68. The molecule has 2 amide bonds. The predicted molar refractivity (Wildman–Crippen MR) is 85.0 cm³/mol. The predicted octanol–water partition coefficient (Wildman–Crippen LogP) is 4.53. The van der Waals surface area contributed by atoms with Gasteiger partial charge in [0.1, 0.15) is 0 Å². The van der Waals surface area contributed by atoms with Crippen molar-refractivity contribution >= 4 is 40.6 Å². The van der Waals surface area contributed by atoms with Crippen LogP contribution in [0.4, 0.5) is 16.2 Å². The Labute approximate surface area is 132 Å². The zero-order chi connectivity index (χ0) is 15.4. The molecule has 2 aromatic carbocycles. The summed E-state index contributed by atoms with van der Waals surface area (Å²) >= 11 is 11.7. The first-order chi connectivity index (χ1) is 10.0. The van der Waals surface area contributed by atoms with Crippen LogP contribution in [-0.2, 0) is 0 Å². The quantitative estimate of drug-likeness (QED) is 0.883. The van der Waals surface area contributed by atoms with Crippen LogP contribution in [-0.4, -0.2) is 13.1 Å². The molecule has 0 aromatic heterocycles. The van der Waals surface area contributed by atoms with Gasteiger partial charge in [0.15, 0.2) is 0 Å². The molecular weight excluding hydrogens is 309 g/mol. The summed E-state index contributed by atoms with van der Waals surface area (Å²) in [5.74, 6) is 0. The summed E-state index contributed by atoms with van der Waals surface area (Å²) in [6, 6.07) is 13.3. The van der Waals surface area contributed by atoms with Crippen molar-refractivity contribution in [2.45, 2.75) is 0 Å². The number of urea groups is 1. The first-order valence-electron chi connectivity index (χ1n) is 6.01. The van der Waals surface area contributed by atoms with E-state index in [1.165, 1.54) is 4.90 Å². The molecular formula is C15H11Cl2N3O. The fourth-order valence-corrected chi connectivity index (χ4v) is 1.98. The standard InChI is InChI=1S/C15H11Cl2N3O/c1-20(12-4-2-3-10(7-12)9-18)15(21)19-11-5-6-13(16)14(17)8-11/h2-8H,1H3,(H,19,21). The molecule has 0 aliphatic rings. The van der Waals surface area contributed by atoms with Gasteiger partial charge in [0.05, 0.1) is 21.7 Å². The van der Waals surface area contributed by atoms with Gasteiger partial charge in [-0.3, -0.25) is 4.90 Å². The van der Waals surface area contributed by atoms with E-state index in [2.05, 4.69) is 5.32 Å². The number of hydrogen-bond donors (Lipinski definition) is 1. The summed E-state index contributed by atoms with van der Waals surface area (Å²) in [4.78, 5) is 13.6. The summed E-state index contributed by atoms with van der Waals surface area (Å²) in [5.41, 5.74) is 1.64. The number of halogens is 2. The zero-order valence-electron chi connectivity index (χ0n) is 11.1. The van der Waals surface area contributed by atoms with Gasteiger partial charge in [-0.05, 0) is 36.4 Å². The van der Waals surface area contributed by atoms with Crippen LogP contribution in [0, 0.1) is 11.3 Å². The van der Waals surface area contributed by atoms with E-state index in [9.17, 15) is 4.79 Å². The normalized spacial score (nSPS) is 9.81. The Morgan fingerprint density at radius 3 is 2.62 bits per heavy atom. The molecule has 0 radical (unpaired) electrons. The molecule has 21 heavy (non-hydrogen) atoms. The molecule has 1 N–H and O–H groups in total. The van der Waals surface area contributed by atoms with Gasteiger partial charge >= 0.3 is 6.03 Å². The van der Waals surface area contributed by atoms with Crippen LogP contribution in [0.25, 0.3) is 0 Å². The van der Waals surface area contributed by atoms with Crippen LogP contribution >= 0.6 is 23.2 Å². The van der Waals surface area contributed by atoms with Crippen molar-refractivity contribution in [3.63, 3.8) is 0 Å². The molecule has 0 saturated heterocycles. The van der Waals surface area contributed by atoms with Crippen LogP contribution in [0.2, 0.25) is 10.0 Å². The molecule has 0 unspecified atom stereocenters. The van der Waals surface area contributed by atoms with Gasteiger partial charge in [0, 0.05) is 18.4 Å². The average Bonchev–Trinajstić information content (AvgIpc) is 2.50. The van der Waals surface area contributed by atoms with E-state index < -0.39 is 0 Å². The molecule has 0 heterocycles. The lowest BCUT2D eigenvalue weighted by molar-refractivity contribution is 0.258. The second kappa shape index (κ2) is 6.49. The van der Waals surface area contributed by atoms with E-state index in [0.29, 0.717) is 27.0 Å². The summed E-state index contributed by atoms with van der Waals surface area (Å²) in [5, 5.41) is 12.4. The number of nitriles is 1. The van der Waals surface area contributed by atoms with Crippen molar-refractivity contribution in [3.05, 3.63) is 58.1 Å². The molecule has 4 nitrogen and oxygen atoms in total. The summed E-state index contributed by atoms with van der Waals surface area (Å²) in [6.45, 7) is 0. The van der Waals surface area contributed by atoms with E-state index in [0.717, 1.165) is 0 Å². The zero-order valence-corrected chi connectivity index (χ0v) is 12.6. The molecule has 0 saturated carbocycles. The fraction of sp³-hybridized carbons (Fsp3) is 0.0667. The number of hydrogen-bond acceptors (Lipinski definition) is 2. The lowest BCUT2D eigenvalue weighted by atomic mass is 10.2. The number of rotatable bonds is 2. The molecule has 0 atom stereocenters.